The van der Waals surface area contributed by atoms with E-state index < -0.39 is 0 Å². The van der Waals surface area contributed by atoms with Crippen LogP contribution in [0.15, 0.2) is 48.5 Å². The van der Waals surface area contributed by atoms with Crippen molar-refractivity contribution in [3.05, 3.63) is 65.2 Å². The van der Waals surface area contributed by atoms with E-state index in [4.69, 9.17) is 4.74 Å². The average molecular weight is 363 g/mol. The highest BCUT2D eigenvalue weighted by Crippen LogP contribution is 2.46. The number of ether oxygens (including phenoxy) is 1. The molecule has 0 spiro atoms. The Labute approximate surface area is 163 Å². The van der Waals surface area contributed by atoms with Gasteiger partial charge in [-0.1, -0.05) is 64.1 Å². The molecule has 27 heavy (non-hydrogen) atoms. The summed E-state index contributed by atoms with van der Waals surface area (Å²) in [5, 5.41) is 0. The van der Waals surface area contributed by atoms with E-state index in [2.05, 4.69) is 58.0 Å². The van der Waals surface area contributed by atoms with Crippen molar-refractivity contribution < 1.29 is 9.53 Å². The molecule has 0 bridgehead atoms. The first-order valence-electron chi connectivity index (χ1n) is 9.83. The van der Waals surface area contributed by atoms with Crippen LogP contribution >= 0.6 is 0 Å². The molecule has 2 heteroatoms. The smallest absolute Gasteiger partial charge is 0.330 e. The molecular weight excluding hydrogens is 332 g/mol. The van der Waals surface area contributed by atoms with E-state index >= 15 is 0 Å². The number of hydrogen-bond acceptors (Lipinski definition) is 2. The Bertz CT molecular complexity index is 872. The summed E-state index contributed by atoms with van der Waals surface area (Å²) in [5.74, 6) is -0.305. The molecule has 0 atom stereocenters. The normalized spacial score (nSPS) is 17.5. The van der Waals surface area contributed by atoms with Gasteiger partial charge in [0.25, 0.3) is 0 Å². The van der Waals surface area contributed by atoms with Gasteiger partial charge in [0.2, 0.25) is 0 Å². The summed E-state index contributed by atoms with van der Waals surface area (Å²) < 4.78 is 4.96. The standard InChI is InChI=1S/C25H30O2/c1-6-27-23(26)13-10-18-8-7-9-19(16-18)20-11-12-21-22(17-20)25(4,5)15-14-24(21,2)3/h7-13,16-17H,6,14-15H2,1-5H3. The summed E-state index contributed by atoms with van der Waals surface area (Å²) in [7, 11) is 0. The van der Waals surface area contributed by atoms with Gasteiger partial charge in [-0.3, -0.25) is 0 Å². The fourth-order valence-corrected chi connectivity index (χ4v) is 3.94. The summed E-state index contributed by atoms with van der Waals surface area (Å²) in [6, 6.07) is 15.2. The monoisotopic (exact) mass is 362 g/mol. The number of carbonyl (C=O) groups is 1. The topological polar surface area (TPSA) is 26.3 Å². The predicted molar refractivity (Wildman–Crippen MR) is 113 cm³/mol. The molecule has 3 rings (SSSR count). The Kier molecular flexibility index (Phi) is 5.28. The lowest BCUT2D eigenvalue weighted by Gasteiger charge is -2.42. The molecular formula is C25H30O2. The van der Waals surface area contributed by atoms with Crippen LogP contribution in [-0.2, 0) is 20.4 Å². The number of benzene rings is 2. The molecule has 0 N–H and O–H groups in total. The summed E-state index contributed by atoms with van der Waals surface area (Å²) in [4.78, 5) is 11.6. The van der Waals surface area contributed by atoms with Gasteiger partial charge in [0, 0.05) is 6.08 Å². The van der Waals surface area contributed by atoms with Crippen LogP contribution in [0.2, 0.25) is 0 Å². The van der Waals surface area contributed by atoms with Crippen molar-refractivity contribution in [1.29, 1.82) is 0 Å². The van der Waals surface area contributed by atoms with Gasteiger partial charge < -0.3 is 4.74 Å². The Morgan fingerprint density at radius 2 is 1.63 bits per heavy atom. The molecule has 2 aromatic rings. The minimum atomic E-state index is -0.305. The molecule has 0 amide bonds. The SMILES string of the molecule is CCOC(=O)C=Cc1cccc(-c2ccc3c(c2)C(C)(C)CCC3(C)C)c1. The van der Waals surface area contributed by atoms with Crippen molar-refractivity contribution in [2.45, 2.75) is 58.3 Å². The largest absolute Gasteiger partial charge is 0.463 e. The van der Waals surface area contributed by atoms with Crippen LogP contribution in [0.5, 0.6) is 0 Å². The zero-order valence-corrected chi connectivity index (χ0v) is 17.1. The predicted octanol–water partition coefficient (Wildman–Crippen LogP) is 6.28. The maximum atomic E-state index is 11.6. The first-order chi connectivity index (χ1) is 12.7. The molecule has 0 aromatic heterocycles. The van der Waals surface area contributed by atoms with Crippen LogP contribution in [0, 0.1) is 0 Å². The van der Waals surface area contributed by atoms with E-state index in [1.165, 1.54) is 41.2 Å². The zero-order chi connectivity index (χ0) is 19.7. The number of rotatable bonds is 4. The molecule has 0 fully saturated rings. The summed E-state index contributed by atoms with van der Waals surface area (Å²) >= 11 is 0. The van der Waals surface area contributed by atoms with Gasteiger partial charge >= 0.3 is 5.97 Å². The fraction of sp³-hybridized carbons (Fsp3) is 0.400. The second-order valence-electron chi connectivity index (χ2n) is 8.74. The van der Waals surface area contributed by atoms with Gasteiger partial charge in [0.05, 0.1) is 6.61 Å². The molecule has 2 nitrogen and oxygen atoms in total. The second kappa shape index (κ2) is 7.34. The Hall–Kier alpha value is -2.35. The maximum Gasteiger partial charge on any atom is 0.330 e. The van der Waals surface area contributed by atoms with Gasteiger partial charge in [-0.05, 0) is 70.6 Å². The minimum absolute atomic E-state index is 0.197. The third-order valence-electron chi connectivity index (χ3n) is 5.77. The van der Waals surface area contributed by atoms with Crippen molar-refractivity contribution >= 4 is 12.0 Å². The Morgan fingerprint density at radius 1 is 0.963 bits per heavy atom. The molecule has 0 aliphatic heterocycles. The number of fused-ring (bicyclic) bond motifs is 1. The molecule has 1 aliphatic rings. The van der Waals surface area contributed by atoms with Crippen molar-refractivity contribution in [3.63, 3.8) is 0 Å². The third kappa shape index (κ3) is 4.16. The zero-order valence-electron chi connectivity index (χ0n) is 17.1. The molecule has 1 aliphatic carbocycles. The molecule has 2 aromatic carbocycles. The van der Waals surface area contributed by atoms with E-state index in [-0.39, 0.29) is 16.8 Å². The van der Waals surface area contributed by atoms with Crippen LogP contribution in [0.4, 0.5) is 0 Å². The van der Waals surface area contributed by atoms with Gasteiger partial charge in [-0.25, -0.2) is 4.79 Å². The van der Waals surface area contributed by atoms with Crippen molar-refractivity contribution in [3.8, 4) is 11.1 Å². The lowest BCUT2D eigenvalue weighted by atomic mass is 9.63. The van der Waals surface area contributed by atoms with Gasteiger partial charge in [-0.15, -0.1) is 0 Å². The number of hydrogen-bond donors (Lipinski definition) is 0. The van der Waals surface area contributed by atoms with E-state index in [1.807, 2.05) is 25.1 Å². The van der Waals surface area contributed by atoms with Crippen molar-refractivity contribution in [2.24, 2.45) is 0 Å². The van der Waals surface area contributed by atoms with E-state index in [0.29, 0.717) is 6.61 Å². The van der Waals surface area contributed by atoms with Crippen molar-refractivity contribution in [2.75, 3.05) is 6.61 Å². The van der Waals surface area contributed by atoms with Crippen LogP contribution in [0.1, 0.15) is 64.2 Å². The van der Waals surface area contributed by atoms with Crippen LogP contribution < -0.4 is 0 Å². The lowest BCUT2D eigenvalue weighted by Crippen LogP contribution is -2.33. The molecule has 0 unspecified atom stereocenters. The molecule has 0 radical (unpaired) electrons. The third-order valence-corrected chi connectivity index (χ3v) is 5.77. The highest BCUT2D eigenvalue weighted by atomic mass is 16.5. The fourth-order valence-electron chi connectivity index (χ4n) is 3.94. The Morgan fingerprint density at radius 3 is 2.33 bits per heavy atom. The molecule has 0 saturated heterocycles. The van der Waals surface area contributed by atoms with Gasteiger partial charge in [-0.2, -0.15) is 0 Å². The first-order valence-corrected chi connectivity index (χ1v) is 9.83. The van der Waals surface area contributed by atoms with Crippen LogP contribution in [-0.4, -0.2) is 12.6 Å². The maximum absolute atomic E-state index is 11.6. The quantitative estimate of drug-likeness (QED) is 0.473. The molecule has 0 heterocycles. The van der Waals surface area contributed by atoms with Gasteiger partial charge in [0.1, 0.15) is 0 Å². The summed E-state index contributed by atoms with van der Waals surface area (Å²) in [6.45, 7) is 11.6. The van der Waals surface area contributed by atoms with E-state index in [9.17, 15) is 4.79 Å². The first kappa shape index (κ1) is 19.4. The highest BCUT2D eigenvalue weighted by Gasteiger charge is 2.36. The summed E-state index contributed by atoms with van der Waals surface area (Å²) in [5.41, 5.74) is 6.76. The Balaban J connectivity index is 1.96. The molecule has 142 valence electrons. The average Bonchev–Trinajstić information content (AvgIpc) is 2.64. The number of esters is 1. The van der Waals surface area contributed by atoms with Crippen LogP contribution in [0.25, 0.3) is 17.2 Å². The second-order valence-corrected chi connectivity index (χ2v) is 8.74. The van der Waals surface area contributed by atoms with Gasteiger partial charge in [0.15, 0.2) is 0 Å². The van der Waals surface area contributed by atoms with E-state index in [0.717, 1.165) is 5.56 Å². The lowest BCUT2D eigenvalue weighted by molar-refractivity contribution is -0.137. The summed E-state index contributed by atoms with van der Waals surface area (Å²) in [6.07, 6.45) is 5.73. The van der Waals surface area contributed by atoms with Crippen molar-refractivity contribution in [1.82, 2.24) is 0 Å². The van der Waals surface area contributed by atoms with Crippen LogP contribution in [0.3, 0.4) is 0 Å². The molecule has 0 saturated carbocycles. The van der Waals surface area contributed by atoms with E-state index in [1.54, 1.807) is 0 Å². The minimum Gasteiger partial charge on any atom is -0.463 e. The highest BCUT2D eigenvalue weighted by molar-refractivity contribution is 5.87. The number of carbonyl (C=O) groups excluding carboxylic acids is 1.